The number of hydrogen-bond acceptors (Lipinski definition) is 13. The van der Waals surface area contributed by atoms with E-state index in [1.807, 2.05) is 77.7 Å². The summed E-state index contributed by atoms with van der Waals surface area (Å²) in [4.78, 5) is 77.9. The zero-order chi connectivity index (χ0) is 47.6. The van der Waals surface area contributed by atoms with Gasteiger partial charge in [-0.25, -0.2) is 9.69 Å². The molecule has 4 aliphatic rings. The molecule has 0 aromatic heterocycles. The van der Waals surface area contributed by atoms with Crippen LogP contribution in [0.4, 0.5) is 27.5 Å². The van der Waals surface area contributed by atoms with Crippen LogP contribution in [0.15, 0.2) is 158 Å². The number of carbonyl (C=O) groups is 4. The van der Waals surface area contributed by atoms with E-state index in [2.05, 4.69) is 10.2 Å². The summed E-state index contributed by atoms with van der Waals surface area (Å²) in [5.74, 6) is -3.33. The monoisotopic (exact) mass is 929 g/mol. The van der Waals surface area contributed by atoms with Crippen molar-refractivity contribution in [2.24, 2.45) is 5.92 Å². The molecule has 2 N–H and O–H groups in total. The van der Waals surface area contributed by atoms with Crippen LogP contribution < -0.4 is 19.9 Å². The largest absolute Gasteiger partial charge is 0.491 e. The first kappa shape index (κ1) is 44.9. The summed E-state index contributed by atoms with van der Waals surface area (Å²) < 4.78 is 23.7. The van der Waals surface area contributed by atoms with E-state index in [4.69, 9.17) is 18.9 Å². The molecular weight excluding hydrogens is 883 g/mol. The highest BCUT2D eigenvalue weighted by atomic mass is 16.6. The molecule has 3 amide bonds. The fraction of sp³-hybridized carbons (Fsp3) is 0.245. The van der Waals surface area contributed by atoms with Gasteiger partial charge >= 0.3 is 12.1 Å². The van der Waals surface area contributed by atoms with E-state index in [0.717, 1.165) is 16.2 Å². The van der Waals surface area contributed by atoms with Crippen LogP contribution in [0.3, 0.4) is 0 Å². The molecule has 16 heteroatoms. The number of anilines is 3. The summed E-state index contributed by atoms with van der Waals surface area (Å²) in [5.41, 5.74) is 2.02. The van der Waals surface area contributed by atoms with Gasteiger partial charge in [-0.3, -0.25) is 29.4 Å². The van der Waals surface area contributed by atoms with Crippen molar-refractivity contribution in [3.8, 4) is 5.75 Å². The first-order valence-corrected chi connectivity index (χ1v) is 22.7. The van der Waals surface area contributed by atoms with Gasteiger partial charge in [0.1, 0.15) is 36.5 Å². The minimum Gasteiger partial charge on any atom is -0.491 e. The predicted molar refractivity (Wildman–Crippen MR) is 252 cm³/mol. The molecule has 4 aliphatic heterocycles. The average molecular weight is 930 g/mol. The summed E-state index contributed by atoms with van der Waals surface area (Å²) in [7, 11) is 0. The van der Waals surface area contributed by atoms with Gasteiger partial charge in [0.2, 0.25) is 11.8 Å². The first-order valence-electron chi connectivity index (χ1n) is 22.7. The number of nitro benzene ring substituents is 1. The van der Waals surface area contributed by atoms with Crippen molar-refractivity contribution >= 4 is 46.6 Å². The van der Waals surface area contributed by atoms with Crippen molar-refractivity contribution in [1.29, 1.82) is 0 Å². The summed E-state index contributed by atoms with van der Waals surface area (Å²) in [6.45, 7) is 2.04. The second-order valence-corrected chi connectivity index (χ2v) is 17.2. The molecule has 0 radical (unpaired) electrons. The average Bonchev–Trinajstić information content (AvgIpc) is 3.85. The molecule has 350 valence electrons. The van der Waals surface area contributed by atoms with Crippen molar-refractivity contribution in [3.05, 3.63) is 196 Å². The van der Waals surface area contributed by atoms with E-state index in [1.165, 1.54) is 24.3 Å². The Hall–Kier alpha value is -7.92. The molecule has 1 spiro atoms. The zero-order valence-corrected chi connectivity index (χ0v) is 37.2. The number of non-ortho nitro benzene ring substituents is 1. The summed E-state index contributed by atoms with van der Waals surface area (Å²) in [6, 6.07) is 41.9. The van der Waals surface area contributed by atoms with Gasteiger partial charge in [0, 0.05) is 36.6 Å². The summed E-state index contributed by atoms with van der Waals surface area (Å²) in [5, 5.41) is 24.0. The molecule has 6 atom stereocenters. The van der Waals surface area contributed by atoms with Crippen LogP contribution in [0.25, 0.3) is 0 Å². The van der Waals surface area contributed by atoms with E-state index in [9.17, 15) is 20.0 Å². The molecule has 0 aliphatic carbocycles. The SMILES string of the molecule is O=C1OC(c2ccccc2)C(c2ccccc2)N2C1C(C(=O)Nc1ccc(N3CCOCC3)cc1)C1(C(=O)N(C(=O)OCc3ccc([N+](=O)[O-])cc3)c3ccccc31)C2c1ccc(OCCO)cc1. The number of aliphatic hydroxyl groups excluding tert-OH is 1. The standard InChI is InChI=1S/C53H47N5O11/c59-29-32-67-41-25-17-37(18-26-41)48-53(42-13-7-8-14-43(42)56(51(53)62)52(63)68-33-34-15-21-40(22-16-34)58(64)65)44(49(60)54-38-19-23-39(24-20-38)55-27-30-66-31-28-55)46-50(61)69-47(36-11-5-2-6-12-36)45(57(46)48)35-9-3-1-4-10-35/h1-26,44-48,59H,27-33H2,(H,54,60). The molecule has 4 heterocycles. The number of carbonyl (C=O) groups excluding carboxylic acids is 4. The van der Waals surface area contributed by atoms with Gasteiger partial charge in [0.05, 0.1) is 48.4 Å². The van der Waals surface area contributed by atoms with Crippen molar-refractivity contribution in [2.75, 3.05) is 54.6 Å². The fourth-order valence-electron chi connectivity index (χ4n) is 10.5. The smallest absolute Gasteiger partial charge is 0.421 e. The Kier molecular flexibility index (Phi) is 12.4. The number of imide groups is 1. The molecule has 16 nitrogen and oxygen atoms in total. The van der Waals surface area contributed by atoms with Gasteiger partial charge in [0.25, 0.3) is 5.69 Å². The van der Waals surface area contributed by atoms with Gasteiger partial charge in [-0.2, -0.15) is 0 Å². The van der Waals surface area contributed by atoms with Gasteiger partial charge < -0.3 is 34.3 Å². The zero-order valence-electron chi connectivity index (χ0n) is 37.2. The van der Waals surface area contributed by atoms with E-state index in [-0.39, 0.29) is 31.2 Å². The lowest BCUT2D eigenvalue weighted by atomic mass is 9.65. The number of esters is 1. The third kappa shape index (κ3) is 8.11. The molecule has 10 rings (SSSR count). The van der Waals surface area contributed by atoms with E-state index in [0.29, 0.717) is 60.0 Å². The maximum atomic E-state index is 16.3. The lowest BCUT2D eigenvalue weighted by Gasteiger charge is -2.46. The number of nitrogens with zero attached hydrogens (tertiary/aromatic N) is 4. The van der Waals surface area contributed by atoms with Crippen LogP contribution in [0.2, 0.25) is 0 Å². The molecular formula is C53H47N5O11. The van der Waals surface area contributed by atoms with Gasteiger partial charge in [-0.1, -0.05) is 91.0 Å². The van der Waals surface area contributed by atoms with Gasteiger partial charge in [-0.15, -0.1) is 0 Å². The molecule has 6 aromatic rings. The molecule has 6 unspecified atom stereocenters. The van der Waals surface area contributed by atoms with Crippen LogP contribution in [0, 0.1) is 16.0 Å². The molecule has 0 saturated carbocycles. The second kappa shape index (κ2) is 19.0. The Morgan fingerprint density at radius 1 is 0.768 bits per heavy atom. The predicted octanol–water partition coefficient (Wildman–Crippen LogP) is 7.44. The summed E-state index contributed by atoms with van der Waals surface area (Å²) >= 11 is 0. The Morgan fingerprint density at radius 3 is 2.09 bits per heavy atom. The number of aliphatic hydroxyl groups is 1. The van der Waals surface area contributed by atoms with Gasteiger partial charge in [-0.05, 0) is 82.4 Å². The Bertz CT molecular complexity index is 2860. The van der Waals surface area contributed by atoms with Crippen molar-refractivity contribution in [3.63, 3.8) is 0 Å². The Labute approximate surface area is 396 Å². The van der Waals surface area contributed by atoms with Crippen molar-refractivity contribution in [1.82, 2.24) is 4.90 Å². The number of morpholine rings is 2. The minimum absolute atomic E-state index is 0.0278. The lowest BCUT2D eigenvalue weighted by molar-refractivity contribution is -0.384. The highest BCUT2D eigenvalue weighted by Gasteiger charge is 2.75. The number of benzene rings is 6. The van der Waals surface area contributed by atoms with E-state index < -0.39 is 64.4 Å². The van der Waals surface area contributed by atoms with Crippen molar-refractivity contribution in [2.45, 2.75) is 36.3 Å². The van der Waals surface area contributed by atoms with Crippen LogP contribution in [0.5, 0.6) is 5.75 Å². The lowest BCUT2D eigenvalue weighted by Crippen LogP contribution is -2.54. The molecule has 69 heavy (non-hydrogen) atoms. The minimum atomic E-state index is -2.02. The van der Waals surface area contributed by atoms with E-state index >= 15 is 14.4 Å². The maximum absolute atomic E-state index is 16.3. The number of cyclic esters (lactones) is 1. The van der Waals surface area contributed by atoms with Crippen LogP contribution >= 0.6 is 0 Å². The number of hydrogen-bond donors (Lipinski definition) is 2. The summed E-state index contributed by atoms with van der Waals surface area (Å²) in [6.07, 6.45) is -1.98. The molecule has 3 saturated heterocycles. The van der Waals surface area contributed by atoms with Crippen LogP contribution in [-0.2, 0) is 40.6 Å². The first-order chi connectivity index (χ1) is 33.7. The topological polar surface area (TPSA) is 190 Å². The number of amides is 3. The fourth-order valence-corrected chi connectivity index (χ4v) is 10.5. The number of nitro groups is 1. The van der Waals surface area contributed by atoms with E-state index in [1.54, 1.807) is 60.7 Å². The highest BCUT2D eigenvalue weighted by molar-refractivity contribution is 6.24. The number of para-hydroxylation sites is 1. The van der Waals surface area contributed by atoms with Crippen LogP contribution in [0.1, 0.15) is 46.0 Å². The second-order valence-electron chi connectivity index (χ2n) is 17.2. The Balaban J connectivity index is 1.16. The third-order valence-electron chi connectivity index (χ3n) is 13.4. The van der Waals surface area contributed by atoms with Gasteiger partial charge in [0.15, 0.2) is 0 Å². The Morgan fingerprint density at radius 2 is 1.42 bits per heavy atom. The van der Waals surface area contributed by atoms with Crippen LogP contribution in [-0.4, -0.2) is 84.4 Å². The molecule has 3 fully saturated rings. The normalized spacial score (nSPS) is 22.9. The number of rotatable bonds is 12. The quantitative estimate of drug-likeness (QED) is 0.0700. The molecule has 6 aromatic carbocycles. The number of fused-ring (bicyclic) bond motifs is 3. The number of nitrogens with one attached hydrogen (secondary N) is 1. The molecule has 0 bridgehead atoms. The highest BCUT2D eigenvalue weighted by Crippen LogP contribution is 2.66. The third-order valence-corrected chi connectivity index (χ3v) is 13.4. The van der Waals surface area contributed by atoms with Crippen molar-refractivity contribution < 1.29 is 48.2 Å². The maximum Gasteiger partial charge on any atom is 0.421 e. The number of ether oxygens (including phenoxy) is 4.